The molecular formula is C14H23N3O2. The van der Waals surface area contributed by atoms with E-state index in [9.17, 15) is 10.1 Å². The zero-order chi connectivity index (χ0) is 14.4. The van der Waals surface area contributed by atoms with Crippen molar-refractivity contribution in [3.8, 4) is 0 Å². The van der Waals surface area contributed by atoms with Crippen LogP contribution in [-0.2, 0) is 0 Å². The number of nitro benzene ring substituents is 1. The minimum atomic E-state index is -0.340. The number of hydrogen-bond acceptors (Lipinski definition) is 4. The van der Waals surface area contributed by atoms with E-state index >= 15 is 0 Å². The molecule has 1 rings (SSSR count). The molecule has 106 valence electrons. The van der Waals surface area contributed by atoms with Gasteiger partial charge < -0.3 is 10.2 Å². The molecule has 0 unspecified atom stereocenters. The molecule has 0 aliphatic rings. The minimum absolute atomic E-state index is 0.171. The Balaban J connectivity index is 2.46. The Morgan fingerprint density at radius 2 is 2.11 bits per heavy atom. The third-order valence-electron chi connectivity index (χ3n) is 3.30. The fourth-order valence-electron chi connectivity index (χ4n) is 1.74. The maximum Gasteiger partial charge on any atom is 0.274 e. The van der Waals surface area contributed by atoms with Gasteiger partial charge in [0.15, 0.2) is 0 Å². The van der Waals surface area contributed by atoms with Gasteiger partial charge >= 0.3 is 0 Å². The number of rotatable bonds is 7. The first-order valence-electron chi connectivity index (χ1n) is 6.61. The SMILES string of the molecule is Cc1ccc(NCCCN(C)C(C)C)cc1[N+](=O)[O-]. The van der Waals surface area contributed by atoms with Crippen molar-refractivity contribution in [2.75, 3.05) is 25.5 Å². The molecule has 0 heterocycles. The predicted molar refractivity (Wildman–Crippen MR) is 78.7 cm³/mol. The second-order valence-electron chi connectivity index (χ2n) is 5.11. The number of aryl methyl sites for hydroxylation is 1. The highest BCUT2D eigenvalue weighted by Gasteiger charge is 2.10. The van der Waals surface area contributed by atoms with Gasteiger partial charge in [0.25, 0.3) is 5.69 Å². The summed E-state index contributed by atoms with van der Waals surface area (Å²) in [6.45, 7) is 7.91. The maximum atomic E-state index is 10.8. The van der Waals surface area contributed by atoms with Gasteiger partial charge in [0.05, 0.1) is 4.92 Å². The number of nitrogens with zero attached hydrogens (tertiary/aromatic N) is 2. The molecule has 0 amide bonds. The highest BCUT2D eigenvalue weighted by molar-refractivity contribution is 5.54. The standard InChI is InChI=1S/C14H23N3O2/c1-11(2)16(4)9-5-8-15-13-7-6-12(3)14(10-13)17(18)19/h6-7,10-11,15H,5,8-9H2,1-4H3. The van der Waals surface area contributed by atoms with Crippen LogP contribution < -0.4 is 5.32 Å². The Bertz CT molecular complexity index is 433. The molecule has 5 nitrogen and oxygen atoms in total. The van der Waals surface area contributed by atoms with Crippen LogP contribution in [0, 0.1) is 17.0 Å². The van der Waals surface area contributed by atoms with Crippen molar-refractivity contribution in [2.24, 2.45) is 0 Å². The van der Waals surface area contributed by atoms with Gasteiger partial charge in [0, 0.05) is 29.9 Å². The summed E-state index contributed by atoms with van der Waals surface area (Å²) in [6.07, 6.45) is 1.01. The van der Waals surface area contributed by atoms with Crippen molar-refractivity contribution in [3.63, 3.8) is 0 Å². The van der Waals surface area contributed by atoms with Gasteiger partial charge in [-0.3, -0.25) is 10.1 Å². The number of nitrogens with one attached hydrogen (secondary N) is 1. The van der Waals surface area contributed by atoms with Gasteiger partial charge in [0.2, 0.25) is 0 Å². The van der Waals surface area contributed by atoms with Crippen LogP contribution in [-0.4, -0.2) is 36.0 Å². The molecule has 0 aliphatic carbocycles. The van der Waals surface area contributed by atoms with Crippen LogP contribution in [0.3, 0.4) is 0 Å². The van der Waals surface area contributed by atoms with Crippen molar-refractivity contribution < 1.29 is 4.92 Å². The van der Waals surface area contributed by atoms with Crippen molar-refractivity contribution in [3.05, 3.63) is 33.9 Å². The van der Waals surface area contributed by atoms with Gasteiger partial charge in [-0.2, -0.15) is 0 Å². The van der Waals surface area contributed by atoms with E-state index in [0.717, 1.165) is 25.2 Å². The van der Waals surface area contributed by atoms with E-state index in [0.29, 0.717) is 11.6 Å². The molecule has 0 fully saturated rings. The second-order valence-corrected chi connectivity index (χ2v) is 5.11. The van der Waals surface area contributed by atoms with E-state index in [4.69, 9.17) is 0 Å². The van der Waals surface area contributed by atoms with Gasteiger partial charge in [-0.1, -0.05) is 6.07 Å². The summed E-state index contributed by atoms with van der Waals surface area (Å²) in [4.78, 5) is 12.8. The van der Waals surface area contributed by atoms with Crippen molar-refractivity contribution in [2.45, 2.75) is 33.2 Å². The number of hydrogen-bond donors (Lipinski definition) is 1. The lowest BCUT2D eigenvalue weighted by atomic mass is 10.2. The van der Waals surface area contributed by atoms with Gasteiger partial charge in [-0.25, -0.2) is 0 Å². The highest BCUT2D eigenvalue weighted by Crippen LogP contribution is 2.22. The average molecular weight is 265 g/mol. The number of nitro groups is 1. The van der Waals surface area contributed by atoms with E-state index in [1.54, 1.807) is 19.1 Å². The highest BCUT2D eigenvalue weighted by atomic mass is 16.6. The average Bonchev–Trinajstić information content (AvgIpc) is 2.35. The normalized spacial score (nSPS) is 11.1. The lowest BCUT2D eigenvalue weighted by Gasteiger charge is -2.20. The maximum absolute atomic E-state index is 10.8. The molecule has 5 heteroatoms. The Hall–Kier alpha value is -1.62. The lowest BCUT2D eigenvalue weighted by Crippen LogP contribution is -2.28. The molecule has 0 aliphatic heterocycles. The third kappa shape index (κ3) is 4.87. The predicted octanol–water partition coefficient (Wildman–Crippen LogP) is 3.05. The van der Waals surface area contributed by atoms with E-state index in [-0.39, 0.29) is 10.6 Å². The molecule has 0 atom stereocenters. The fourth-order valence-corrected chi connectivity index (χ4v) is 1.74. The third-order valence-corrected chi connectivity index (χ3v) is 3.30. The van der Waals surface area contributed by atoms with E-state index in [1.165, 1.54) is 0 Å². The zero-order valence-corrected chi connectivity index (χ0v) is 12.1. The summed E-state index contributed by atoms with van der Waals surface area (Å²) >= 11 is 0. The molecule has 0 spiro atoms. The minimum Gasteiger partial charge on any atom is -0.385 e. The largest absolute Gasteiger partial charge is 0.385 e. The molecule has 0 radical (unpaired) electrons. The quantitative estimate of drug-likeness (QED) is 0.467. The van der Waals surface area contributed by atoms with Crippen LogP contribution in [0.2, 0.25) is 0 Å². The van der Waals surface area contributed by atoms with Gasteiger partial charge in [-0.05, 0) is 46.9 Å². The number of anilines is 1. The summed E-state index contributed by atoms with van der Waals surface area (Å²) in [7, 11) is 2.10. The van der Waals surface area contributed by atoms with Crippen LogP contribution >= 0.6 is 0 Å². The topological polar surface area (TPSA) is 58.4 Å². The fraction of sp³-hybridized carbons (Fsp3) is 0.571. The van der Waals surface area contributed by atoms with Crippen molar-refractivity contribution in [1.29, 1.82) is 0 Å². The molecule has 1 aromatic rings. The second kappa shape index (κ2) is 7.09. The lowest BCUT2D eigenvalue weighted by molar-refractivity contribution is -0.385. The Kier molecular flexibility index (Phi) is 5.76. The molecule has 0 saturated heterocycles. The molecular weight excluding hydrogens is 242 g/mol. The summed E-state index contributed by atoms with van der Waals surface area (Å²) in [6, 6.07) is 5.80. The van der Waals surface area contributed by atoms with Gasteiger partial charge in [-0.15, -0.1) is 0 Å². The van der Waals surface area contributed by atoms with Crippen LogP contribution in [0.15, 0.2) is 18.2 Å². The Morgan fingerprint density at radius 3 is 2.68 bits per heavy atom. The number of benzene rings is 1. The first kappa shape index (κ1) is 15.4. The molecule has 19 heavy (non-hydrogen) atoms. The van der Waals surface area contributed by atoms with Gasteiger partial charge in [0.1, 0.15) is 0 Å². The summed E-state index contributed by atoms with van der Waals surface area (Å²) in [5.74, 6) is 0. The van der Waals surface area contributed by atoms with Crippen molar-refractivity contribution >= 4 is 11.4 Å². The van der Waals surface area contributed by atoms with Crippen LogP contribution in [0.5, 0.6) is 0 Å². The monoisotopic (exact) mass is 265 g/mol. The summed E-state index contributed by atoms with van der Waals surface area (Å²) in [5.41, 5.74) is 1.67. The molecule has 1 aromatic carbocycles. The van der Waals surface area contributed by atoms with Crippen LogP contribution in [0.25, 0.3) is 0 Å². The Morgan fingerprint density at radius 1 is 1.42 bits per heavy atom. The molecule has 0 bridgehead atoms. The smallest absolute Gasteiger partial charge is 0.274 e. The van der Waals surface area contributed by atoms with E-state index < -0.39 is 0 Å². The zero-order valence-electron chi connectivity index (χ0n) is 12.1. The summed E-state index contributed by atoms with van der Waals surface area (Å²) < 4.78 is 0. The van der Waals surface area contributed by atoms with E-state index in [1.807, 2.05) is 6.07 Å². The van der Waals surface area contributed by atoms with E-state index in [2.05, 4.69) is 31.1 Å². The van der Waals surface area contributed by atoms with Crippen LogP contribution in [0.1, 0.15) is 25.8 Å². The Labute approximate surface area is 114 Å². The van der Waals surface area contributed by atoms with Crippen LogP contribution in [0.4, 0.5) is 11.4 Å². The molecule has 0 aromatic heterocycles. The first-order chi connectivity index (χ1) is 8.91. The molecule has 1 N–H and O–H groups in total. The summed E-state index contributed by atoms with van der Waals surface area (Å²) in [5, 5.41) is 14.1. The molecule has 0 saturated carbocycles. The van der Waals surface area contributed by atoms with Crippen molar-refractivity contribution in [1.82, 2.24) is 4.90 Å². The first-order valence-corrected chi connectivity index (χ1v) is 6.61.